The molecule has 0 saturated heterocycles. The van der Waals surface area contributed by atoms with E-state index in [2.05, 4.69) is 26.1 Å². The molecule has 0 N–H and O–H groups in total. The van der Waals surface area contributed by atoms with Gasteiger partial charge in [0.1, 0.15) is 0 Å². The summed E-state index contributed by atoms with van der Waals surface area (Å²) in [6.45, 7) is 5.27. The third-order valence-corrected chi connectivity index (χ3v) is 3.85. The average Bonchev–Trinajstić information content (AvgIpc) is 2.41. The zero-order valence-corrected chi connectivity index (χ0v) is 13.8. The van der Waals surface area contributed by atoms with E-state index in [4.69, 9.17) is 16.3 Å². The van der Waals surface area contributed by atoms with Crippen molar-refractivity contribution in [3.8, 4) is 11.6 Å². The summed E-state index contributed by atoms with van der Waals surface area (Å²) in [5.74, 6) is 0.341. The highest BCUT2D eigenvalue weighted by Crippen LogP contribution is 2.38. The van der Waals surface area contributed by atoms with Crippen molar-refractivity contribution in [1.29, 1.82) is 0 Å². The maximum Gasteiger partial charge on any atom is 0.313 e. The molecule has 6 nitrogen and oxygen atoms in total. The van der Waals surface area contributed by atoms with Crippen LogP contribution in [0.5, 0.6) is 11.6 Å². The predicted molar refractivity (Wildman–Crippen MR) is 82.1 cm³/mol. The molecule has 0 spiro atoms. The van der Waals surface area contributed by atoms with E-state index >= 15 is 0 Å². The van der Waals surface area contributed by atoms with Crippen LogP contribution < -0.4 is 4.74 Å². The second-order valence-electron chi connectivity index (χ2n) is 4.48. The van der Waals surface area contributed by atoms with Crippen molar-refractivity contribution in [2.24, 2.45) is 0 Å². The predicted octanol–water partition coefficient (Wildman–Crippen LogP) is 4.52. The number of nitro groups is 1. The first-order chi connectivity index (χ1) is 9.81. The number of aryl methyl sites for hydroxylation is 1. The number of halogens is 2. The van der Waals surface area contributed by atoms with Crippen LogP contribution in [-0.2, 0) is 0 Å². The summed E-state index contributed by atoms with van der Waals surface area (Å²) in [6.07, 6.45) is 0. The lowest BCUT2D eigenvalue weighted by Crippen LogP contribution is -2.01. The molecule has 1 heterocycles. The number of benzene rings is 1. The Hall–Kier alpha value is -1.73. The van der Waals surface area contributed by atoms with E-state index in [0.717, 1.165) is 5.56 Å². The van der Waals surface area contributed by atoms with Crippen LogP contribution >= 0.6 is 27.5 Å². The lowest BCUT2D eigenvalue weighted by molar-refractivity contribution is -0.385. The molecule has 2 aromatic rings. The summed E-state index contributed by atoms with van der Waals surface area (Å²) in [4.78, 5) is 10.7. The van der Waals surface area contributed by atoms with Gasteiger partial charge in [-0.05, 0) is 32.4 Å². The standard InChI is InChI=1S/C13H11BrClN3O3/c1-6-4-9(14)5-10(18(19)20)11(6)21-13-8(3)7(2)12(15)16-17-13/h4-5H,1-3H3. The SMILES string of the molecule is Cc1cc(Br)cc([N+](=O)[O-])c1Oc1nnc(Cl)c(C)c1C. The van der Waals surface area contributed by atoms with Crippen molar-refractivity contribution in [1.82, 2.24) is 10.2 Å². The van der Waals surface area contributed by atoms with Crippen LogP contribution in [0, 0.1) is 30.9 Å². The van der Waals surface area contributed by atoms with Gasteiger partial charge in [-0.3, -0.25) is 10.1 Å². The van der Waals surface area contributed by atoms with Crippen molar-refractivity contribution in [3.63, 3.8) is 0 Å². The first-order valence-corrected chi connectivity index (χ1v) is 7.10. The molecule has 0 amide bonds. The van der Waals surface area contributed by atoms with Gasteiger partial charge in [-0.15, -0.1) is 10.2 Å². The van der Waals surface area contributed by atoms with Gasteiger partial charge in [0.05, 0.1) is 4.92 Å². The minimum atomic E-state index is -0.501. The van der Waals surface area contributed by atoms with Gasteiger partial charge in [0.2, 0.25) is 11.6 Å². The molecule has 0 bridgehead atoms. The zero-order chi connectivity index (χ0) is 15.7. The summed E-state index contributed by atoms with van der Waals surface area (Å²) >= 11 is 9.11. The van der Waals surface area contributed by atoms with Gasteiger partial charge in [0, 0.05) is 21.7 Å². The Balaban J connectivity index is 2.54. The van der Waals surface area contributed by atoms with Crippen molar-refractivity contribution in [3.05, 3.63) is 48.6 Å². The molecule has 1 aromatic heterocycles. The van der Waals surface area contributed by atoms with Gasteiger partial charge in [0.25, 0.3) is 0 Å². The zero-order valence-electron chi connectivity index (χ0n) is 11.5. The summed E-state index contributed by atoms with van der Waals surface area (Å²) in [6, 6.07) is 3.11. The Morgan fingerprint density at radius 3 is 2.52 bits per heavy atom. The van der Waals surface area contributed by atoms with Crippen molar-refractivity contribution >= 4 is 33.2 Å². The fourth-order valence-corrected chi connectivity index (χ4v) is 2.47. The molecule has 0 saturated carbocycles. The number of nitrogens with zero attached hydrogens (tertiary/aromatic N) is 3. The number of aromatic nitrogens is 2. The van der Waals surface area contributed by atoms with Gasteiger partial charge < -0.3 is 4.74 Å². The first-order valence-electron chi connectivity index (χ1n) is 5.93. The minimum absolute atomic E-state index is 0.141. The van der Waals surface area contributed by atoms with E-state index in [9.17, 15) is 10.1 Å². The van der Waals surface area contributed by atoms with Gasteiger partial charge in [0.15, 0.2) is 5.15 Å². The molecule has 0 atom stereocenters. The smallest absolute Gasteiger partial charge is 0.313 e. The largest absolute Gasteiger partial charge is 0.430 e. The molecular weight excluding hydrogens is 362 g/mol. The van der Waals surface area contributed by atoms with Gasteiger partial charge in [-0.2, -0.15) is 0 Å². The van der Waals surface area contributed by atoms with E-state index in [-0.39, 0.29) is 22.5 Å². The molecule has 0 aliphatic rings. The van der Waals surface area contributed by atoms with Gasteiger partial charge in [-0.25, -0.2) is 0 Å². The fourth-order valence-electron chi connectivity index (χ4n) is 1.73. The number of nitro benzene ring substituents is 1. The molecule has 1 aromatic carbocycles. The lowest BCUT2D eigenvalue weighted by atomic mass is 10.2. The molecule has 0 unspecified atom stereocenters. The van der Waals surface area contributed by atoms with Crippen molar-refractivity contribution in [2.45, 2.75) is 20.8 Å². The normalized spacial score (nSPS) is 10.5. The summed E-state index contributed by atoms with van der Waals surface area (Å²) in [7, 11) is 0. The highest BCUT2D eigenvalue weighted by Gasteiger charge is 2.21. The molecule has 0 aliphatic heterocycles. The van der Waals surface area contributed by atoms with Crippen molar-refractivity contribution < 1.29 is 9.66 Å². The molecule has 2 rings (SSSR count). The van der Waals surface area contributed by atoms with Crippen LogP contribution in [0.2, 0.25) is 5.15 Å². The fraction of sp³-hybridized carbons (Fsp3) is 0.231. The maximum absolute atomic E-state index is 11.2. The molecule has 0 fully saturated rings. The van der Waals surface area contributed by atoms with E-state index < -0.39 is 4.92 Å². The highest BCUT2D eigenvalue weighted by molar-refractivity contribution is 9.10. The number of hydrogen-bond donors (Lipinski definition) is 0. The third-order valence-electron chi connectivity index (χ3n) is 3.04. The molecule has 0 aliphatic carbocycles. The third kappa shape index (κ3) is 3.14. The molecular formula is C13H11BrClN3O3. The van der Waals surface area contributed by atoms with Crippen LogP contribution in [0.15, 0.2) is 16.6 Å². The van der Waals surface area contributed by atoms with Crippen LogP contribution in [0.3, 0.4) is 0 Å². The van der Waals surface area contributed by atoms with Crippen LogP contribution in [0.25, 0.3) is 0 Å². The van der Waals surface area contributed by atoms with Crippen LogP contribution in [-0.4, -0.2) is 15.1 Å². The van der Waals surface area contributed by atoms with E-state index in [1.807, 2.05) is 0 Å². The lowest BCUT2D eigenvalue weighted by Gasteiger charge is -2.11. The monoisotopic (exact) mass is 371 g/mol. The number of hydrogen-bond acceptors (Lipinski definition) is 5. The Morgan fingerprint density at radius 2 is 1.90 bits per heavy atom. The molecule has 21 heavy (non-hydrogen) atoms. The quantitative estimate of drug-likeness (QED) is 0.585. The second kappa shape index (κ2) is 5.95. The van der Waals surface area contributed by atoms with Crippen LogP contribution in [0.4, 0.5) is 5.69 Å². The number of ether oxygens (including phenoxy) is 1. The molecule has 110 valence electrons. The number of rotatable bonds is 3. The Bertz CT molecular complexity index is 737. The van der Waals surface area contributed by atoms with Crippen LogP contribution in [0.1, 0.15) is 16.7 Å². The van der Waals surface area contributed by atoms with E-state index in [1.54, 1.807) is 26.8 Å². The summed E-state index contributed by atoms with van der Waals surface area (Å²) in [5.41, 5.74) is 1.88. The summed E-state index contributed by atoms with van der Waals surface area (Å²) < 4.78 is 6.23. The summed E-state index contributed by atoms with van der Waals surface area (Å²) in [5, 5.41) is 19.1. The highest BCUT2D eigenvalue weighted by atomic mass is 79.9. The Labute approximate surface area is 134 Å². The van der Waals surface area contributed by atoms with E-state index in [1.165, 1.54) is 6.07 Å². The maximum atomic E-state index is 11.2. The van der Waals surface area contributed by atoms with E-state index in [0.29, 0.717) is 15.6 Å². The molecule has 0 radical (unpaired) electrons. The molecule has 8 heteroatoms. The topological polar surface area (TPSA) is 78.2 Å². The second-order valence-corrected chi connectivity index (χ2v) is 5.75. The van der Waals surface area contributed by atoms with Gasteiger partial charge >= 0.3 is 5.69 Å². The first kappa shape index (κ1) is 15.7. The van der Waals surface area contributed by atoms with Gasteiger partial charge in [-0.1, -0.05) is 27.5 Å². The Kier molecular flexibility index (Phi) is 4.43. The average molecular weight is 373 g/mol. The Morgan fingerprint density at radius 1 is 1.24 bits per heavy atom. The minimum Gasteiger partial charge on any atom is -0.430 e. The van der Waals surface area contributed by atoms with Crippen molar-refractivity contribution in [2.75, 3.05) is 0 Å².